The largest absolute Gasteiger partial charge is 0.471 e. The molecule has 5 nitrogen and oxygen atoms in total. The molecule has 0 N–H and O–H groups in total. The van der Waals surface area contributed by atoms with Crippen molar-refractivity contribution in [1.29, 1.82) is 0 Å². The molecule has 3 aromatic rings. The third kappa shape index (κ3) is 3.10. The summed E-state index contributed by atoms with van der Waals surface area (Å²) in [5, 5.41) is 4.86. The van der Waals surface area contributed by atoms with Crippen molar-refractivity contribution in [2.75, 3.05) is 11.4 Å². The van der Waals surface area contributed by atoms with Gasteiger partial charge in [0, 0.05) is 23.5 Å². The van der Waals surface area contributed by atoms with E-state index >= 15 is 0 Å². The topological polar surface area (TPSA) is 47.4 Å². The first-order valence-corrected chi connectivity index (χ1v) is 8.40. The summed E-state index contributed by atoms with van der Waals surface area (Å²) >= 11 is 5.87. The molecule has 1 aromatic heterocycles. The fraction of sp³-hybridized carbons (Fsp3) is 0.158. The van der Waals surface area contributed by atoms with Crippen LogP contribution in [0.4, 0.5) is 5.69 Å². The lowest BCUT2D eigenvalue weighted by molar-refractivity contribution is 0.0968. The zero-order valence-electron chi connectivity index (χ0n) is 13.4. The van der Waals surface area contributed by atoms with Gasteiger partial charge in [-0.25, -0.2) is 4.68 Å². The summed E-state index contributed by atoms with van der Waals surface area (Å²) in [7, 11) is 0. The van der Waals surface area contributed by atoms with E-state index in [4.69, 9.17) is 16.3 Å². The van der Waals surface area contributed by atoms with Crippen LogP contribution < -0.4 is 9.64 Å². The summed E-state index contributed by atoms with van der Waals surface area (Å²) in [5.41, 5.74) is 2.67. The van der Waals surface area contributed by atoms with Crippen LogP contribution in [0.15, 0.2) is 60.8 Å². The Morgan fingerprint density at radius 3 is 2.76 bits per heavy atom. The van der Waals surface area contributed by atoms with E-state index in [0.717, 1.165) is 12.1 Å². The van der Waals surface area contributed by atoms with Gasteiger partial charge in [-0.1, -0.05) is 29.8 Å². The van der Waals surface area contributed by atoms with Crippen molar-refractivity contribution >= 4 is 23.2 Å². The predicted molar refractivity (Wildman–Crippen MR) is 96.1 cm³/mol. The molecule has 0 unspecified atom stereocenters. The molecule has 1 aliphatic rings. The molecule has 4 rings (SSSR count). The van der Waals surface area contributed by atoms with Crippen LogP contribution in [0, 0.1) is 0 Å². The normalized spacial score (nSPS) is 12.9. The van der Waals surface area contributed by atoms with Crippen LogP contribution in [0.2, 0.25) is 5.02 Å². The lowest BCUT2D eigenvalue weighted by atomic mass is 10.2. The number of para-hydroxylation sites is 1. The number of rotatable bonds is 4. The second-order valence-electron chi connectivity index (χ2n) is 5.78. The second-order valence-corrected chi connectivity index (χ2v) is 6.22. The average molecular weight is 354 g/mol. The number of amides is 1. The first-order valence-electron chi connectivity index (χ1n) is 8.02. The van der Waals surface area contributed by atoms with E-state index < -0.39 is 0 Å². The summed E-state index contributed by atoms with van der Waals surface area (Å²) in [6, 6.07) is 16.8. The van der Waals surface area contributed by atoms with Gasteiger partial charge < -0.3 is 9.64 Å². The molecule has 0 radical (unpaired) electrons. The molecule has 25 heavy (non-hydrogen) atoms. The maximum absolute atomic E-state index is 12.9. The summed E-state index contributed by atoms with van der Waals surface area (Å²) in [4.78, 5) is 14.7. The van der Waals surface area contributed by atoms with Gasteiger partial charge in [0.2, 0.25) is 0 Å². The van der Waals surface area contributed by atoms with Gasteiger partial charge in [-0.3, -0.25) is 4.79 Å². The lowest BCUT2D eigenvalue weighted by Crippen LogP contribution is -2.31. The molecule has 0 spiro atoms. The Balaban J connectivity index is 1.51. The van der Waals surface area contributed by atoms with Gasteiger partial charge >= 0.3 is 0 Å². The fourth-order valence-electron chi connectivity index (χ4n) is 2.97. The third-order valence-electron chi connectivity index (χ3n) is 4.24. The second kappa shape index (κ2) is 6.61. The van der Waals surface area contributed by atoms with Crippen LogP contribution in [0.3, 0.4) is 0 Å². The number of benzene rings is 2. The maximum Gasteiger partial charge on any atom is 0.276 e. The summed E-state index contributed by atoms with van der Waals surface area (Å²) in [5.74, 6) is 0.604. The number of hydrogen-bond acceptors (Lipinski definition) is 3. The first-order chi connectivity index (χ1) is 12.2. The van der Waals surface area contributed by atoms with E-state index in [9.17, 15) is 4.79 Å². The lowest BCUT2D eigenvalue weighted by Gasteiger charge is -2.18. The van der Waals surface area contributed by atoms with E-state index in [1.54, 1.807) is 46.1 Å². The van der Waals surface area contributed by atoms with Gasteiger partial charge in [0.05, 0.1) is 0 Å². The number of aromatic nitrogens is 2. The minimum Gasteiger partial charge on any atom is -0.471 e. The van der Waals surface area contributed by atoms with E-state index in [0.29, 0.717) is 23.0 Å². The van der Waals surface area contributed by atoms with Crippen molar-refractivity contribution < 1.29 is 9.53 Å². The van der Waals surface area contributed by atoms with Gasteiger partial charge in [-0.2, -0.15) is 5.10 Å². The Morgan fingerprint density at radius 1 is 1.12 bits per heavy atom. The van der Waals surface area contributed by atoms with Crippen LogP contribution in [-0.4, -0.2) is 22.2 Å². The Kier molecular flexibility index (Phi) is 4.15. The molecule has 1 aliphatic heterocycles. The highest BCUT2D eigenvalue weighted by Crippen LogP contribution is 2.28. The van der Waals surface area contributed by atoms with Gasteiger partial charge in [-0.15, -0.1) is 0 Å². The van der Waals surface area contributed by atoms with Gasteiger partial charge in [0.1, 0.15) is 11.4 Å². The molecular weight excluding hydrogens is 338 g/mol. The van der Waals surface area contributed by atoms with Crippen molar-refractivity contribution in [3.8, 4) is 5.75 Å². The molecule has 126 valence electrons. The van der Waals surface area contributed by atoms with Crippen LogP contribution in [0.5, 0.6) is 5.75 Å². The van der Waals surface area contributed by atoms with Crippen molar-refractivity contribution in [2.24, 2.45) is 0 Å². The molecule has 0 atom stereocenters. The minimum atomic E-state index is -0.0674. The van der Waals surface area contributed by atoms with Crippen molar-refractivity contribution in [1.82, 2.24) is 9.78 Å². The molecule has 1 amide bonds. The van der Waals surface area contributed by atoms with E-state index in [1.165, 1.54) is 5.56 Å². The van der Waals surface area contributed by atoms with Crippen molar-refractivity contribution in [3.05, 3.63) is 77.1 Å². The Bertz CT molecular complexity index is 905. The zero-order chi connectivity index (χ0) is 17.2. The van der Waals surface area contributed by atoms with Crippen molar-refractivity contribution in [3.63, 3.8) is 0 Å². The van der Waals surface area contributed by atoms with Crippen LogP contribution in [0.25, 0.3) is 0 Å². The molecule has 2 heterocycles. The van der Waals surface area contributed by atoms with Crippen LogP contribution >= 0.6 is 11.6 Å². The highest BCUT2D eigenvalue weighted by molar-refractivity contribution is 6.30. The number of halogens is 1. The molecule has 0 saturated carbocycles. The SMILES string of the molecule is O=C(c1ccnn1COc1ccc(Cl)cc1)N1CCc2ccccc21. The summed E-state index contributed by atoms with van der Waals surface area (Å²) in [6.07, 6.45) is 2.48. The third-order valence-corrected chi connectivity index (χ3v) is 4.49. The maximum atomic E-state index is 12.9. The minimum absolute atomic E-state index is 0.0674. The molecule has 0 bridgehead atoms. The van der Waals surface area contributed by atoms with E-state index in [-0.39, 0.29) is 12.6 Å². The van der Waals surface area contributed by atoms with Gasteiger partial charge in [0.25, 0.3) is 5.91 Å². The molecule has 6 heteroatoms. The highest BCUT2D eigenvalue weighted by Gasteiger charge is 2.27. The van der Waals surface area contributed by atoms with Crippen LogP contribution in [0.1, 0.15) is 16.1 Å². The predicted octanol–water partition coefficient (Wildman–Crippen LogP) is 3.78. The smallest absolute Gasteiger partial charge is 0.276 e. The Hall–Kier alpha value is -2.79. The number of anilines is 1. The molecule has 0 aliphatic carbocycles. The van der Waals surface area contributed by atoms with Gasteiger partial charge in [-0.05, 0) is 48.4 Å². The highest BCUT2D eigenvalue weighted by atomic mass is 35.5. The van der Waals surface area contributed by atoms with Crippen LogP contribution in [-0.2, 0) is 13.2 Å². The summed E-state index contributed by atoms with van der Waals surface area (Å²) in [6.45, 7) is 0.840. The zero-order valence-corrected chi connectivity index (χ0v) is 14.2. The standard InChI is InChI=1S/C19H16ClN3O2/c20-15-5-7-16(8-6-15)25-13-23-18(9-11-21-23)19(24)22-12-10-14-3-1-2-4-17(14)22/h1-9,11H,10,12-13H2. The number of fused-ring (bicyclic) bond motifs is 1. The molecule has 0 saturated heterocycles. The van der Waals surface area contributed by atoms with E-state index in [1.807, 2.05) is 18.2 Å². The van der Waals surface area contributed by atoms with Crippen molar-refractivity contribution in [2.45, 2.75) is 13.2 Å². The molecular formula is C19H16ClN3O2. The summed E-state index contributed by atoms with van der Waals surface area (Å²) < 4.78 is 7.27. The van der Waals surface area contributed by atoms with Gasteiger partial charge in [0.15, 0.2) is 6.73 Å². The first kappa shape index (κ1) is 15.7. The Labute approximate surface area is 150 Å². The number of carbonyl (C=O) groups is 1. The number of ether oxygens (including phenoxy) is 1. The molecule has 2 aromatic carbocycles. The monoisotopic (exact) mass is 353 g/mol. The fourth-order valence-corrected chi connectivity index (χ4v) is 3.10. The quantitative estimate of drug-likeness (QED) is 0.717. The Morgan fingerprint density at radius 2 is 1.92 bits per heavy atom. The average Bonchev–Trinajstić information content (AvgIpc) is 3.27. The number of nitrogens with zero attached hydrogens (tertiary/aromatic N) is 3. The number of hydrogen-bond donors (Lipinski definition) is 0. The molecule has 0 fully saturated rings. The van der Waals surface area contributed by atoms with E-state index in [2.05, 4.69) is 11.2 Å². The number of carbonyl (C=O) groups excluding carboxylic acids is 1.